The van der Waals surface area contributed by atoms with E-state index in [0.29, 0.717) is 29.0 Å². The average Bonchev–Trinajstić information content (AvgIpc) is 2.83. The monoisotopic (exact) mass is 504 g/mol. The molecule has 1 fully saturated rings. The molecule has 2 aromatic rings. The third-order valence-corrected chi connectivity index (χ3v) is 7.62. The number of fused-ring (bicyclic) bond motifs is 1. The highest BCUT2D eigenvalue weighted by Gasteiger charge is 2.33. The second-order valence-electron chi connectivity index (χ2n) is 11.6. The zero-order valence-corrected chi connectivity index (χ0v) is 22.9. The van der Waals surface area contributed by atoms with Crippen molar-refractivity contribution >= 4 is 23.3 Å². The summed E-state index contributed by atoms with van der Waals surface area (Å²) in [6.07, 6.45) is 5.17. The first-order valence-corrected chi connectivity index (χ1v) is 13.3. The average molecular weight is 505 g/mol. The molecule has 0 radical (unpaired) electrons. The maximum absolute atomic E-state index is 13.2. The van der Waals surface area contributed by atoms with Crippen LogP contribution in [0.1, 0.15) is 75.4 Å². The third kappa shape index (κ3) is 6.54. The van der Waals surface area contributed by atoms with Crippen LogP contribution >= 0.6 is 0 Å². The standard InChI is InChI=1S/C31H40N2O4/c1-19(2)25-14-7-20(3)15-29(25)37-30(35)32-23-11-8-21(9-12-23)28(34)17-27-26-16-24(36-6)13-10-22(26)18-31(4,5)33-27/h8-13,16-17,19-20,25,29,33H,7,14-15,18H2,1-6H3,(H,32,35)/t20-,25+,29-/m1/s1. The molecule has 2 N–H and O–H groups in total. The van der Waals surface area contributed by atoms with Gasteiger partial charge in [0, 0.05) is 34.1 Å². The Kier molecular flexibility index (Phi) is 7.96. The molecular formula is C31H40N2O4. The van der Waals surface area contributed by atoms with Crippen LogP contribution in [0.15, 0.2) is 48.5 Å². The minimum Gasteiger partial charge on any atom is -0.497 e. The van der Waals surface area contributed by atoms with Crippen LogP contribution in [0.4, 0.5) is 10.5 Å². The number of carbonyl (C=O) groups excluding carboxylic acids is 2. The number of rotatable bonds is 6. The molecule has 0 unspecified atom stereocenters. The fourth-order valence-corrected chi connectivity index (χ4v) is 5.62. The van der Waals surface area contributed by atoms with Crippen molar-refractivity contribution in [2.24, 2.45) is 17.8 Å². The first-order chi connectivity index (χ1) is 17.5. The number of allylic oxidation sites excluding steroid dienone is 1. The summed E-state index contributed by atoms with van der Waals surface area (Å²) in [6, 6.07) is 12.9. The molecular weight excluding hydrogens is 464 g/mol. The topological polar surface area (TPSA) is 76.7 Å². The van der Waals surface area contributed by atoms with Crippen molar-refractivity contribution in [3.05, 3.63) is 65.2 Å². The van der Waals surface area contributed by atoms with E-state index in [9.17, 15) is 9.59 Å². The molecule has 6 nitrogen and oxygen atoms in total. The summed E-state index contributed by atoms with van der Waals surface area (Å²) < 4.78 is 11.2. The molecule has 1 aliphatic heterocycles. The van der Waals surface area contributed by atoms with Crippen molar-refractivity contribution < 1.29 is 19.1 Å². The van der Waals surface area contributed by atoms with Gasteiger partial charge in [-0.2, -0.15) is 0 Å². The summed E-state index contributed by atoms with van der Waals surface area (Å²) in [5, 5.41) is 6.34. The SMILES string of the molecule is COc1ccc2c(c1)C(=CC(=O)c1ccc(NC(=O)O[C@@H]3C[C@H](C)CC[C@H]3C(C)C)cc1)NC(C)(C)C2. The van der Waals surface area contributed by atoms with Gasteiger partial charge in [0.05, 0.1) is 7.11 Å². The van der Waals surface area contributed by atoms with Gasteiger partial charge in [-0.15, -0.1) is 0 Å². The quantitative estimate of drug-likeness (QED) is 0.332. The van der Waals surface area contributed by atoms with E-state index in [1.165, 1.54) is 12.0 Å². The molecule has 0 saturated heterocycles. The predicted molar refractivity (Wildman–Crippen MR) is 148 cm³/mol. The molecule has 6 heteroatoms. The number of nitrogens with one attached hydrogen (secondary N) is 2. The molecule has 1 amide bonds. The van der Waals surface area contributed by atoms with Crippen molar-refractivity contribution in [1.29, 1.82) is 0 Å². The highest BCUT2D eigenvalue weighted by molar-refractivity contribution is 6.09. The Hall–Kier alpha value is -3.28. The fraction of sp³-hybridized carbons (Fsp3) is 0.484. The summed E-state index contributed by atoms with van der Waals surface area (Å²) in [4.78, 5) is 25.8. The molecule has 37 heavy (non-hydrogen) atoms. The van der Waals surface area contributed by atoms with E-state index in [-0.39, 0.29) is 17.4 Å². The Labute approximate surface area is 220 Å². The van der Waals surface area contributed by atoms with E-state index in [2.05, 4.69) is 51.3 Å². The number of benzene rings is 2. The van der Waals surface area contributed by atoms with Crippen LogP contribution in [0.5, 0.6) is 5.75 Å². The van der Waals surface area contributed by atoms with Gasteiger partial charge < -0.3 is 14.8 Å². The largest absolute Gasteiger partial charge is 0.497 e. The lowest BCUT2D eigenvalue weighted by molar-refractivity contribution is 0.0126. The van der Waals surface area contributed by atoms with Crippen molar-refractivity contribution in [2.75, 3.05) is 12.4 Å². The smallest absolute Gasteiger partial charge is 0.411 e. The third-order valence-electron chi connectivity index (χ3n) is 7.62. The summed E-state index contributed by atoms with van der Waals surface area (Å²) in [7, 11) is 1.64. The van der Waals surface area contributed by atoms with Crippen molar-refractivity contribution in [3.63, 3.8) is 0 Å². The number of ether oxygens (including phenoxy) is 2. The van der Waals surface area contributed by atoms with E-state index >= 15 is 0 Å². The highest BCUT2D eigenvalue weighted by atomic mass is 16.6. The van der Waals surface area contributed by atoms with Gasteiger partial charge in [-0.05, 0) is 92.8 Å². The first-order valence-electron chi connectivity index (χ1n) is 13.3. The number of hydrogen-bond acceptors (Lipinski definition) is 5. The van der Waals surface area contributed by atoms with E-state index in [1.807, 2.05) is 12.1 Å². The Morgan fingerprint density at radius 2 is 1.84 bits per heavy atom. The molecule has 0 spiro atoms. The summed E-state index contributed by atoms with van der Waals surface area (Å²) in [5.74, 6) is 2.06. The molecule has 2 aliphatic rings. The molecule has 198 valence electrons. The summed E-state index contributed by atoms with van der Waals surface area (Å²) in [6.45, 7) is 10.8. The highest BCUT2D eigenvalue weighted by Crippen LogP contribution is 2.36. The Morgan fingerprint density at radius 3 is 2.51 bits per heavy atom. The van der Waals surface area contributed by atoms with Crippen LogP contribution in [0.2, 0.25) is 0 Å². The number of hydrogen-bond donors (Lipinski definition) is 2. The Morgan fingerprint density at radius 1 is 1.11 bits per heavy atom. The summed E-state index contributed by atoms with van der Waals surface area (Å²) >= 11 is 0. The molecule has 0 aromatic heterocycles. The zero-order chi connectivity index (χ0) is 26.7. The second kappa shape index (κ2) is 11.0. The van der Waals surface area contributed by atoms with Gasteiger partial charge in [0.25, 0.3) is 0 Å². The minimum atomic E-state index is -0.440. The lowest BCUT2D eigenvalue weighted by Gasteiger charge is -2.36. The van der Waals surface area contributed by atoms with Gasteiger partial charge >= 0.3 is 6.09 Å². The number of methoxy groups -OCH3 is 1. The van der Waals surface area contributed by atoms with Gasteiger partial charge in [0.1, 0.15) is 11.9 Å². The number of amides is 1. The van der Waals surface area contributed by atoms with E-state index < -0.39 is 6.09 Å². The van der Waals surface area contributed by atoms with Gasteiger partial charge in [-0.1, -0.05) is 33.3 Å². The molecule has 3 atom stereocenters. The lowest BCUT2D eigenvalue weighted by Crippen LogP contribution is -2.43. The van der Waals surface area contributed by atoms with Crippen LogP contribution in [0.3, 0.4) is 0 Å². The van der Waals surface area contributed by atoms with Crippen LogP contribution in [0.25, 0.3) is 5.70 Å². The first kappa shape index (κ1) is 26.8. The minimum absolute atomic E-state index is 0.0648. The maximum atomic E-state index is 13.2. The number of ketones is 1. The zero-order valence-electron chi connectivity index (χ0n) is 22.9. The molecule has 1 aliphatic carbocycles. The summed E-state index contributed by atoms with van der Waals surface area (Å²) in [5.41, 5.74) is 3.90. The van der Waals surface area contributed by atoms with Gasteiger partial charge in [0.2, 0.25) is 0 Å². The Bertz CT molecular complexity index is 1170. The maximum Gasteiger partial charge on any atom is 0.411 e. The van der Waals surface area contributed by atoms with Gasteiger partial charge in [-0.3, -0.25) is 10.1 Å². The van der Waals surface area contributed by atoms with Crippen LogP contribution in [-0.2, 0) is 11.2 Å². The molecule has 1 heterocycles. The van der Waals surface area contributed by atoms with Crippen LogP contribution in [0, 0.1) is 17.8 Å². The Balaban J connectivity index is 1.44. The molecule has 1 saturated carbocycles. The molecule has 0 bridgehead atoms. The van der Waals surface area contributed by atoms with Crippen molar-refractivity contribution in [2.45, 2.75) is 71.9 Å². The number of anilines is 1. The lowest BCUT2D eigenvalue weighted by atomic mass is 9.75. The van der Waals surface area contributed by atoms with E-state index in [0.717, 1.165) is 36.3 Å². The van der Waals surface area contributed by atoms with Crippen molar-refractivity contribution in [1.82, 2.24) is 5.32 Å². The molecule has 4 rings (SSSR count). The second-order valence-corrected chi connectivity index (χ2v) is 11.6. The van der Waals surface area contributed by atoms with Gasteiger partial charge in [-0.25, -0.2) is 4.79 Å². The predicted octanol–water partition coefficient (Wildman–Crippen LogP) is 6.85. The van der Waals surface area contributed by atoms with Crippen LogP contribution < -0.4 is 15.4 Å². The van der Waals surface area contributed by atoms with E-state index in [1.54, 1.807) is 37.5 Å². The normalized spacial score (nSPS) is 23.6. The van der Waals surface area contributed by atoms with Crippen molar-refractivity contribution in [3.8, 4) is 5.75 Å². The van der Waals surface area contributed by atoms with Gasteiger partial charge in [0.15, 0.2) is 5.78 Å². The van der Waals surface area contributed by atoms with Crippen LogP contribution in [-0.4, -0.2) is 30.6 Å². The fourth-order valence-electron chi connectivity index (χ4n) is 5.62. The number of carbonyl (C=O) groups is 2. The molecule has 2 aromatic carbocycles. The van der Waals surface area contributed by atoms with E-state index in [4.69, 9.17) is 9.47 Å².